The molecule has 0 aliphatic rings. The Morgan fingerprint density at radius 2 is 2.40 bits per heavy atom. The first kappa shape index (κ1) is 10.5. The van der Waals surface area contributed by atoms with Crippen LogP contribution in [0.2, 0.25) is 0 Å². The number of nitrogen functional groups attached to an aromatic ring is 1. The molecule has 0 aliphatic heterocycles. The average molecular weight is 242 g/mol. The van der Waals surface area contributed by atoms with Gasteiger partial charge in [0.1, 0.15) is 16.7 Å². The van der Waals surface area contributed by atoms with E-state index in [0.29, 0.717) is 10.0 Å². The van der Waals surface area contributed by atoms with Gasteiger partial charge in [-0.1, -0.05) is 0 Å². The van der Waals surface area contributed by atoms with Gasteiger partial charge in [-0.25, -0.2) is 9.19 Å². The molecule has 6 heteroatoms. The number of nitrogens with zero attached hydrogens (tertiary/aromatic N) is 1. The molecule has 0 aliphatic carbocycles. The Bertz CT molecular complexity index is 510. The van der Waals surface area contributed by atoms with Crippen LogP contribution in [0.15, 0.2) is 22.5 Å². The van der Waals surface area contributed by atoms with Crippen molar-refractivity contribution in [2.45, 2.75) is 4.34 Å². The Morgan fingerprint density at radius 3 is 3.13 bits per heavy atom. The standard InChI is InChI=1S/C9H10N2O2S2/c1-13-5-15(12)9-11-7-3-2-6(10)4-8(7)14-9/h2-4H,5,10H2,1H3. The minimum Gasteiger partial charge on any atom is -0.399 e. The van der Waals surface area contributed by atoms with E-state index in [1.54, 1.807) is 6.07 Å². The van der Waals surface area contributed by atoms with Crippen LogP contribution in [0.5, 0.6) is 0 Å². The third-order valence-electron chi connectivity index (χ3n) is 1.81. The molecule has 0 spiro atoms. The zero-order valence-corrected chi connectivity index (χ0v) is 9.73. The van der Waals surface area contributed by atoms with Gasteiger partial charge in [-0.05, 0) is 18.2 Å². The van der Waals surface area contributed by atoms with E-state index in [-0.39, 0.29) is 5.94 Å². The van der Waals surface area contributed by atoms with Gasteiger partial charge in [-0.15, -0.1) is 11.3 Å². The number of ether oxygens (including phenoxy) is 1. The molecule has 1 aromatic heterocycles. The highest BCUT2D eigenvalue weighted by Gasteiger charge is 2.10. The first-order valence-corrected chi connectivity index (χ1v) is 6.37. The number of benzene rings is 1. The molecule has 15 heavy (non-hydrogen) atoms. The summed E-state index contributed by atoms with van der Waals surface area (Å²) in [5, 5.41) is 0. The molecule has 2 rings (SSSR count). The minimum absolute atomic E-state index is 0.176. The van der Waals surface area contributed by atoms with Crippen molar-refractivity contribution >= 4 is 38.0 Å². The second-order valence-electron chi connectivity index (χ2n) is 2.96. The number of methoxy groups -OCH3 is 1. The second kappa shape index (κ2) is 4.26. The molecular weight excluding hydrogens is 232 g/mol. The number of nitrogens with two attached hydrogens (primary N) is 1. The van der Waals surface area contributed by atoms with Crippen LogP contribution >= 0.6 is 11.3 Å². The van der Waals surface area contributed by atoms with Gasteiger partial charge < -0.3 is 10.5 Å². The number of rotatable bonds is 3. The Kier molecular flexibility index (Phi) is 2.99. The maximum Gasteiger partial charge on any atom is 0.184 e. The number of aromatic nitrogens is 1. The lowest BCUT2D eigenvalue weighted by atomic mass is 10.3. The quantitative estimate of drug-likeness (QED) is 0.830. The van der Waals surface area contributed by atoms with E-state index in [9.17, 15) is 4.21 Å². The largest absolute Gasteiger partial charge is 0.399 e. The van der Waals surface area contributed by atoms with E-state index in [1.807, 2.05) is 12.1 Å². The van der Waals surface area contributed by atoms with Crippen molar-refractivity contribution in [3.05, 3.63) is 18.2 Å². The Hall–Kier alpha value is -0.980. The fourth-order valence-electron chi connectivity index (χ4n) is 1.17. The SMILES string of the molecule is COCS(=O)c1nc2ccc(N)cc2s1. The maximum absolute atomic E-state index is 11.6. The third-order valence-corrected chi connectivity index (χ3v) is 4.36. The summed E-state index contributed by atoms with van der Waals surface area (Å²) in [6, 6.07) is 5.44. The number of hydrogen-bond donors (Lipinski definition) is 1. The van der Waals surface area contributed by atoms with Gasteiger partial charge in [-0.3, -0.25) is 0 Å². The van der Waals surface area contributed by atoms with Crippen molar-refractivity contribution in [1.82, 2.24) is 4.98 Å². The molecule has 0 radical (unpaired) electrons. The highest BCUT2D eigenvalue weighted by Crippen LogP contribution is 2.26. The molecule has 0 saturated heterocycles. The number of anilines is 1. The van der Waals surface area contributed by atoms with Crippen LogP contribution in [0.3, 0.4) is 0 Å². The summed E-state index contributed by atoms with van der Waals surface area (Å²) in [6.07, 6.45) is 0. The van der Waals surface area contributed by atoms with Crippen molar-refractivity contribution in [1.29, 1.82) is 0 Å². The van der Waals surface area contributed by atoms with E-state index in [0.717, 1.165) is 10.2 Å². The van der Waals surface area contributed by atoms with Crippen LogP contribution in [0.1, 0.15) is 0 Å². The zero-order chi connectivity index (χ0) is 10.8. The molecule has 2 N–H and O–H groups in total. The monoisotopic (exact) mass is 242 g/mol. The summed E-state index contributed by atoms with van der Waals surface area (Å²) in [6.45, 7) is 0. The summed E-state index contributed by atoms with van der Waals surface area (Å²) < 4.78 is 18.0. The molecule has 1 heterocycles. The molecule has 2 aromatic rings. The van der Waals surface area contributed by atoms with Crippen molar-refractivity contribution in [2.24, 2.45) is 0 Å². The van der Waals surface area contributed by atoms with Gasteiger partial charge >= 0.3 is 0 Å². The van der Waals surface area contributed by atoms with E-state index in [2.05, 4.69) is 4.98 Å². The first-order valence-electron chi connectivity index (χ1n) is 4.24. The van der Waals surface area contributed by atoms with E-state index < -0.39 is 10.8 Å². The van der Waals surface area contributed by atoms with Crippen molar-refractivity contribution in [3.63, 3.8) is 0 Å². The van der Waals surface area contributed by atoms with Crippen molar-refractivity contribution in [2.75, 3.05) is 18.8 Å². The van der Waals surface area contributed by atoms with Crippen molar-refractivity contribution < 1.29 is 8.95 Å². The molecular formula is C9H10N2O2S2. The Labute approximate surface area is 93.5 Å². The fourth-order valence-corrected chi connectivity index (χ4v) is 3.22. The van der Waals surface area contributed by atoms with Crippen molar-refractivity contribution in [3.8, 4) is 0 Å². The van der Waals surface area contributed by atoms with Crippen LogP contribution in [-0.2, 0) is 15.5 Å². The first-order chi connectivity index (χ1) is 7.20. The van der Waals surface area contributed by atoms with Gasteiger partial charge in [0.05, 0.1) is 10.2 Å². The fraction of sp³-hybridized carbons (Fsp3) is 0.222. The summed E-state index contributed by atoms with van der Waals surface area (Å²) in [5.74, 6) is 0.176. The summed E-state index contributed by atoms with van der Waals surface area (Å²) in [7, 11) is 0.339. The molecule has 1 atom stereocenters. The maximum atomic E-state index is 11.6. The molecule has 0 amide bonds. The van der Waals surface area contributed by atoms with Gasteiger partial charge in [0.15, 0.2) is 4.34 Å². The van der Waals surface area contributed by atoms with E-state index in [1.165, 1.54) is 18.4 Å². The van der Waals surface area contributed by atoms with Crippen LogP contribution in [0.25, 0.3) is 10.2 Å². The lowest BCUT2D eigenvalue weighted by Crippen LogP contribution is -1.98. The summed E-state index contributed by atoms with van der Waals surface area (Å²) >= 11 is 1.39. The highest BCUT2D eigenvalue weighted by atomic mass is 32.2. The third kappa shape index (κ3) is 2.17. The smallest absolute Gasteiger partial charge is 0.184 e. The van der Waals surface area contributed by atoms with Gasteiger partial charge in [0.25, 0.3) is 0 Å². The lowest BCUT2D eigenvalue weighted by molar-refractivity contribution is 0.254. The number of hydrogen-bond acceptors (Lipinski definition) is 5. The lowest BCUT2D eigenvalue weighted by Gasteiger charge is -1.93. The molecule has 0 bridgehead atoms. The number of thiazole rings is 1. The predicted molar refractivity (Wildman–Crippen MR) is 62.3 cm³/mol. The zero-order valence-electron chi connectivity index (χ0n) is 8.10. The van der Waals surface area contributed by atoms with Gasteiger partial charge in [0.2, 0.25) is 0 Å². The topological polar surface area (TPSA) is 65.2 Å². The average Bonchev–Trinajstić information content (AvgIpc) is 2.60. The highest BCUT2D eigenvalue weighted by molar-refractivity contribution is 7.87. The summed E-state index contributed by atoms with van der Waals surface area (Å²) in [5.41, 5.74) is 7.16. The van der Waals surface area contributed by atoms with Crippen LogP contribution < -0.4 is 5.73 Å². The Morgan fingerprint density at radius 1 is 1.60 bits per heavy atom. The normalized spacial score (nSPS) is 13.1. The molecule has 1 aromatic carbocycles. The van der Waals surface area contributed by atoms with Crippen LogP contribution in [-0.4, -0.2) is 22.2 Å². The van der Waals surface area contributed by atoms with E-state index >= 15 is 0 Å². The van der Waals surface area contributed by atoms with Gasteiger partial charge in [-0.2, -0.15) is 0 Å². The molecule has 80 valence electrons. The molecule has 1 unspecified atom stereocenters. The second-order valence-corrected chi connectivity index (χ2v) is 5.56. The number of fused-ring (bicyclic) bond motifs is 1. The predicted octanol–water partition coefficient (Wildman–Crippen LogP) is 1.59. The van der Waals surface area contributed by atoms with Gasteiger partial charge in [0, 0.05) is 12.8 Å². The molecule has 0 saturated carbocycles. The summed E-state index contributed by atoms with van der Waals surface area (Å²) in [4.78, 5) is 4.26. The van der Waals surface area contributed by atoms with Crippen LogP contribution in [0.4, 0.5) is 5.69 Å². The van der Waals surface area contributed by atoms with E-state index in [4.69, 9.17) is 10.5 Å². The molecule has 0 fully saturated rings. The molecule has 4 nitrogen and oxygen atoms in total. The van der Waals surface area contributed by atoms with Crippen LogP contribution in [0, 0.1) is 0 Å². The Balaban J connectivity index is 2.42. The minimum atomic E-state index is -1.18.